The lowest BCUT2D eigenvalue weighted by molar-refractivity contribution is 0.0697. The van der Waals surface area contributed by atoms with Crippen LogP contribution in [0, 0.1) is 6.92 Å². The summed E-state index contributed by atoms with van der Waals surface area (Å²) < 4.78 is 5.43. The van der Waals surface area contributed by atoms with Gasteiger partial charge >= 0.3 is 5.97 Å². The van der Waals surface area contributed by atoms with E-state index in [4.69, 9.17) is 4.52 Å². The Morgan fingerprint density at radius 3 is 2.59 bits per heavy atom. The summed E-state index contributed by atoms with van der Waals surface area (Å²) in [4.78, 5) is 20.7. The molecule has 1 N–H and O–H groups in total. The van der Waals surface area contributed by atoms with E-state index >= 15 is 0 Å². The number of aryl methyl sites for hydroxylation is 1. The molecule has 0 radical (unpaired) electrons. The number of rotatable bonds is 5. The number of aromatic nitrogens is 2. The van der Waals surface area contributed by atoms with Gasteiger partial charge in [-0.05, 0) is 6.92 Å². The Morgan fingerprint density at radius 1 is 1.22 bits per heavy atom. The number of thiazole rings is 1. The van der Waals surface area contributed by atoms with Crippen LogP contribution in [0.4, 0.5) is 5.82 Å². The summed E-state index contributed by atoms with van der Waals surface area (Å²) in [6.07, 6.45) is 0. The first-order chi connectivity index (χ1) is 13.1. The fourth-order valence-corrected chi connectivity index (χ4v) is 3.91. The van der Waals surface area contributed by atoms with Crippen LogP contribution >= 0.6 is 11.3 Å². The second-order valence-electron chi connectivity index (χ2n) is 6.50. The highest BCUT2D eigenvalue weighted by molar-refractivity contribution is 7.09. The Bertz CT molecular complexity index is 930. The summed E-state index contributed by atoms with van der Waals surface area (Å²) in [5, 5.41) is 17.0. The van der Waals surface area contributed by atoms with E-state index in [9.17, 15) is 9.90 Å². The Morgan fingerprint density at radius 2 is 1.96 bits per heavy atom. The van der Waals surface area contributed by atoms with Gasteiger partial charge in [-0.2, -0.15) is 0 Å². The molecule has 0 amide bonds. The quantitative estimate of drug-likeness (QED) is 0.723. The van der Waals surface area contributed by atoms with Crippen molar-refractivity contribution in [1.82, 2.24) is 15.0 Å². The van der Waals surface area contributed by atoms with Gasteiger partial charge in [0.2, 0.25) is 0 Å². The third-order valence-electron chi connectivity index (χ3n) is 4.65. The highest BCUT2D eigenvalue weighted by atomic mass is 32.1. The number of carboxylic acid groups (broad SMARTS) is 1. The van der Waals surface area contributed by atoms with Gasteiger partial charge in [-0.3, -0.25) is 4.90 Å². The van der Waals surface area contributed by atoms with E-state index in [-0.39, 0.29) is 5.56 Å². The van der Waals surface area contributed by atoms with Crippen molar-refractivity contribution in [2.45, 2.75) is 13.5 Å². The van der Waals surface area contributed by atoms with E-state index in [0.29, 0.717) is 30.2 Å². The van der Waals surface area contributed by atoms with Crippen LogP contribution in [0.5, 0.6) is 0 Å². The predicted molar refractivity (Wildman–Crippen MR) is 103 cm³/mol. The lowest BCUT2D eigenvalue weighted by Crippen LogP contribution is -2.46. The third kappa shape index (κ3) is 3.72. The molecular formula is C19H20N4O3S. The number of carbonyl (C=O) groups is 1. The summed E-state index contributed by atoms with van der Waals surface area (Å²) in [5.74, 6) is -0.311. The highest BCUT2D eigenvalue weighted by Gasteiger charge is 2.29. The predicted octanol–water partition coefficient (Wildman–Crippen LogP) is 3.13. The van der Waals surface area contributed by atoms with Crippen molar-refractivity contribution in [2.75, 3.05) is 31.1 Å². The Balaban J connectivity index is 1.50. The van der Waals surface area contributed by atoms with Gasteiger partial charge in [0, 0.05) is 43.7 Å². The highest BCUT2D eigenvalue weighted by Crippen LogP contribution is 2.32. The van der Waals surface area contributed by atoms with Gasteiger partial charge < -0.3 is 14.5 Å². The molecule has 1 aromatic carbocycles. The molecule has 1 aliphatic heterocycles. The molecule has 27 heavy (non-hydrogen) atoms. The lowest BCUT2D eigenvalue weighted by atomic mass is 10.1. The summed E-state index contributed by atoms with van der Waals surface area (Å²) in [6, 6.07) is 9.23. The molecule has 0 unspecified atom stereocenters. The minimum Gasteiger partial charge on any atom is -0.477 e. The van der Waals surface area contributed by atoms with Crippen LogP contribution in [-0.2, 0) is 6.54 Å². The molecule has 0 spiro atoms. The zero-order chi connectivity index (χ0) is 18.8. The van der Waals surface area contributed by atoms with E-state index in [1.807, 2.05) is 42.2 Å². The molecule has 2 aromatic heterocycles. The average molecular weight is 384 g/mol. The van der Waals surface area contributed by atoms with Crippen molar-refractivity contribution in [3.63, 3.8) is 0 Å². The number of nitrogens with zero attached hydrogens (tertiary/aromatic N) is 4. The molecule has 8 heteroatoms. The molecule has 7 nitrogen and oxygen atoms in total. The molecule has 0 atom stereocenters. The monoisotopic (exact) mass is 384 g/mol. The van der Waals surface area contributed by atoms with Crippen LogP contribution < -0.4 is 4.90 Å². The molecule has 1 saturated heterocycles. The maximum absolute atomic E-state index is 11.9. The first kappa shape index (κ1) is 17.7. The van der Waals surface area contributed by atoms with Crippen molar-refractivity contribution >= 4 is 23.1 Å². The second kappa shape index (κ2) is 7.50. The van der Waals surface area contributed by atoms with Gasteiger partial charge in [0.1, 0.15) is 0 Å². The normalized spacial score (nSPS) is 15.2. The first-order valence-electron chi connectivity index (χ1n) is 8.78. The van der Waals surface area contributed by atoms with Crippen LogP contribution in [0.25, 0.3) is 11.3 Å². The van der Waals surface area contributed by atoms with Crippen LogP contribution in [-0.4, -0.2) is 52.3 Å². The molecule has 0 bridgehead atoms. The maximum atomic E-state index is 11.9. The van der Waals surface area contributed by atoms with Crippen molar-refractivity contribution < 1.29 is 14.4 Å². The zero-order valence-electron chi connectivity index (χ0n) is 15.0. The summed E-state index contributed by atoms with van der Waals surface area (Å²) in [6.45, 7) is 5.87. The SMILES string of the molecule is Cc1nc(CN2CCN(c3noc(-c4ccccc4)c3C(=O)O)CC2)cs1. The minimum atomic E-state index is -1.02. The fraction of sp³-hybridized carbons (Fsp3) is 0.316. The van der Waals surface area contributed by atoms with Gasteiger partial charge in [-0.15, -0.1) is 11.3 Å². The molecule has 0 aliphatic carbocycles. The van der Waals surface area contributed by atoms with Crippen molar-refractivity contribution in [1.29, 1.82) is 0 Å². The van der Waals surface area contributed by atoms with E-state index in [2.05, 4.69) is 20.4 Å². The van der Waals surface area contributed by atoms with E-state index in [1.54, 1.807) is 11.3 Å². The molecule has 0 saturated carbocycles. The molecule has 140 valence electrons. The lowest BCUT2D eigenvalue weighted by Gasteiger charge is -2.34. The average Bonchev–Trinajstić information content (AvgIpc) is 3.29. The van der Waals surface area contributed by atoms with Crippen LogP contribution in [0.1, 0.15) is 21.1 Å². The largest absolute Gasteiger partial charge is 0.477 e. The molecule has 1 aliphatic rings. The Kier molecular flexibility index (Phi) is 4.91. The number of piperazine rings is 1. The first-order valence-corrected chi connectivity index (χ1v) is 9.66. The van der Waals surface area contributed by atoms with Gasteiger partial charge in [0.15, 0.2) is 17.1 Å². The second-order valence-corrected chi connectivity index (χ2v) is 7.56. The Hall–Kier alpha value is -2.71. The number of aromatic carboxylic acids is 1. The topological polar surface area (TPSA) is 82.7 Å². The van der Waals surface area contributed by atoms with Crippen LogP contribution in [0.2, 0.25) is 0 Å². The Labute approximate surface area is 160 Å². The number of hydrogen-bond acceptors (Lipinski definition) is 7. The van der Waals surface area contributed by atoms with E-state index in [0.717, 1.165) is 30.3 Å². The number of hydrogen-bond donors (Lipinski definition) is 1. The fourth-order valence-electron chi connectivity index (χ4n) is 3.30. The van der Waals surface area contributed by atoms with Crippen LogP contribution in [0.3, 0.4) is 0 Å². The number of benzene rings is 1. The smallest absolute Gasteiger partial charge is 0.343 e. The number of carboxylic acids is 1. The summed E-state index contributed by atoms with van der Waals surface area (Å²) >= 11 is 1.66. The minimum absolute atomic E-state index is 0.129. The standard InChI is InChI=1S/C19H20N4O3S/c1-13-20-15(12-27-13)11-22-7-9-23(10-8-22)18-16(19(24)25)17(26-21-18)14-5-3-2-4-6-14/h2-6,12H,7-11H2,1H3,(H,24,25). The van der Waals surface area contributed by atoms with Gasteiger partial charge in [0.25, 0.3) is 0 Å². The summed E-state index contributed by atoms with van der Waals surface area (Å²) in [7, 11) is 0. The maximum Gasteiger partial charge on any atom is 0.343 e. The van der Waals surface area contributed by atoms with Crippen molar-refractivity contribution in [3.8, 4) is 11.3 Å². The number of anilines is 1. The zero-order valence-corrected chi connectivity index (χ0v) is 15.8. The molecule has 1 fully saturated rings. The van der Waals surface area contributed by atoms with E-state index in [1.165, 1.54) is 0 Å². The van der Waals surface area contributed by atoms with Gasteiger partial charge in [0.05, 0.1) is 10.7 Å². The van der Waals surface area contributed by atoms with Crippen LogP contribution in [0.15, 0.2) is 40.2 Å². The summed E-state index contributed by atoms with van der Waals surface area (Å²) in [5.41, 5.74) is 1.93. The van der Waals surface area contributed by atoms with E-state index < -0.39 is 5.97 Å². The van der Waals surface area contributed by atoms with Crippen molar-refractivity contribution in [3.05, 3.63) is 52.0 Å². The van der Waals surface area contributed by atoms with Gasteiger partial charge in [-0.1, -0.05) is 35.5 Å². The van der Waals surface area contributed by atoms with Gasteiger partial charge in [-0.25, -0.2) is 9.78 Å². The molecule has 3 aromatic rings. The molecule has 4 rings (SSSR count). The van der Waals surface area contributed by atoms with Crippen molar-refractivity contribution in [2.24, 2.45) is 0 Å². The third-order valence-corrected chi connectivity index (χ3v) is 5.47. The molecular weight excluding hydrogens is 364 g/mol. The molecule has 3 heterocycles.